The van der Waals surface area contributed by atoms with Crippen LogP contribution >= 0.6 is 0 Å². The molecule has 44 heavy (non-hydrogen) atoms. The van der Waals surface area contributed by atoms with Crippen LogP contribution < -0.4 is 19.8 Å². The number of aromatic nitrogens is 2. The van der Waals surface area contributed by atoms with Gasteiger partial charge in [-0.2, -0.15) is 9.78 Å². The lowest BCUT2D eigenvalue weighted by atomic mass is 9.96. The zero-order valence-corrected chi connectivity index (χ0v) is 25.4. The van der Waals surface area contributed by atoms with E-state index in [9.17, 15) is 19.7 Å². The number of esters is 1. The van der Waals surface area contributed by atoms with Crippen molar-refractivity contribution < 1.29 is 28.7 Å². The third-order valence-corrected chi connectivity index (χ3v) is 6.71. The number of nitro benzene ring substituents is 1. The molecule has 0 bridgehead atoms. The molecule has 0 fully saturated rings. The van der Waals surface area contributed by atoms with E-state index < -0.39 is 28.7 Å². The summed E-state index contributed by atoms with van der Waals surface area (Å²) in [6, 6.07) is 13.5. The molecule has 12 heteroatoms. The van der Waals surface area contributed by atoms with E-state index in [1.807, 2.05) is 26.0 Å². The van der Waals surface area contributed by atoms with Crippen molar-refractivity contribution in [1.82, 2.24) is 9.66 Å². The van der Waals surface area contributed by atoms with Gasteiger partial charge in [-0.15, -0.1) is 0 Å². The molecule has 0 unspecified atom stereocenters. The van der Waals surface area contributed by atoms with Gasteiger partial charge in [0.2, 0.25) is 5.75 Å². The molecule has 0 amide bonds. The number of fused-ring (bicyclic) bond motifs is 1. The first-order chi connectivity index (χ1) is 21.1. The van der Waals surface area contributed by atoms with Gasteiger partial charge in [-0.25, -0.2) is 9.78 Å². The van der Waals surface area contributed by atoms with Gasteiger partial charge in [0.15, 0.2) is 18.2 Å². The van der Waals surface area contributed by atoms with Gasteiger partial charge in [0.25, 0.3) is 5.56 Å². The lowest BCUT2D eigenvalue weighted by Gasteiger charge is -2.18. The van der Waals surface area contributed by atoms with Crippen molar-refractivity contribution in [2.45, 2.75) is 40.5 Å². The van der Waals surface area contributed by atoms with Crippen molar-refractivity contribution in [3.63, 3.8) is 0 Å². The fourth-order valence-electron chi connectivity index (χ4n) is 4.65. The Kier molecular flexibility index (Phi) is 9.94. The summed E-state index contributed by atoms with van der Waals surface area (Å²) in [4.78, 5) is 41.7. The average molecular weight is 603 g/mol. The number of benzene rings is 3. The largest absolute Gasteiger partial charge is 0.494 e. The number of para-hydroxylation sites is 1. The summed E-state index contributed by atoms with van der Waals surface area (Å²) in [5.41, 5.74) is 2.32. The molecule has 0 aliphatic carbocycles. The molecule has 4 aromatic rings. The second-order valence-electron chi connectivity index (χ2n) is 10.0. The molecular weight excluding hydrogens is 568 g/mol. The predicted octanol–water partition coefficient (Wildman–Crippen LogP) is 5.63. The van der Waals surface area contributed by atoms with Crippen molar-refractivity contribution in [3.8, 4) is 28.6 Å². The summed E-state index contributed by atoms with van der Waals surface area (Å²) in [6.45, 7) is 9.66. The number of rotatable bonds is 12. The topological polar surface area (TPSA) is 144 Å². The van der Waals surface area contributed by atoms with Crippen molar-refractivity contribution in [2.24, 2.45) is 5.10 Å². The average Bonchev–Trinajstić information content (AvgIpc) is 2.99. The molecule has 1 aromatic heterocycles. The Bertz CT molecular complexity index is 1800. The van der Waals surface area contributed by atoms with E-state index in [4.69, 9.17) is 23.9 Å². The highest BCUT2D eigenvalue weighted by atomic mass is 16.6. The summed E-state index contributed by atoms with van der Waals surface area (Å²) >= 11 is 0. The normalized spacial score (nSPS) is 11.2. The van der Waals surface area contributed by atoms with Gasteiger partial charge in [0.05, 0.1) is 42.4 Å². The molecule has 12 nitrogen and oxygen atoms in total. The van der Waals surface area contributed by atoms with Gasteiger partial charge < -0.3 is 18.9 Å². The van der Waals surface area contributed by atoms with Gasteiger partial charge in [-0.1, -0.05) is 26.0 Å². The van der Waals surface area contributed by atoms with E-state index in [1.54, 1.807) is 31.2 Å². The number of nitro groups is 1. The molecule has 230 valence electrons. The molecule has 4 rings (SSSR count). The number of nitrogens with zero attached hydrogens (tertiary/aromatic N) is 4. The van der Waals surface area contributed by atoms with Gasteiger partial charge >= 0.3 is 11.7 Å². The fourth-order valence-corrected chi connectivity index (χ4v) is 4.65. The quantitative estimate of drug-likeness (QED) is 0.0871. The van der Waals surface area contributed by atoms with E-state index in [0.717, 1.165) is 16.9 Å². The highest BCUT2D eigenvalue weighted by Gasteiger charge is 2.24. The van der Waals surface area contributed by atoms with E-state index in [2.05, 4.69) is 18.9 Å². The lowest BCUT2D eigenvalue weighted by molar-refractivity contribution is -0.385. The number of carbonyl (C=O) groups is 1. The molecule has 1 heterocycles. The van der Waals surface area contributed by atoms with Crippen LogP contribution in [-0.4, -0.2) is 53.7 Å². The minimum atomic E-state index is -0.685. The summed E-state index contributed by atoms with van der Waals surface area (Å²) in [7, 11) is 1.31. The van der Waals surface area contributed by atoms with Crippen molar-refractivity contribution >= 4 is 28.8 Å². The maximum Gasteiger partial charge on any atom is 0.344 e. The predicted molar refractivity (Wildman–Crippen MR) is 166 cm³/mol. The molecule has 0 aliphatic heterocycles. The highest BCUT2D eigenvalue weighted by molar-refractivity contribution is 5.85. The number of methoxy groups -OCH3 is 1. The van der Waals surface area contributed by atoms with Crippen LogP contribution in [0.2, 0.25) is 0 Å². The molecule has 0 atom stereocenters. The lowest BCUT2D eigenvalue weighted by Crippen LogP contribution is -2.21. The number of hydrogen-bond acceptors (Lipinski definition) is 10. The second-order valence-corrected chi connectivity index (χ2v) is 10.0. The Labute approximate surface area is 254 Å². The molecule has 0 spiro atoms. The van der Waals surface area contributed by atoms with Gasteiger partial charge in [-0.3, -0.25) is 14.9 Å². The minimum Gasteiger partial charge on any atom is -0.494 e. The molecule has 0 saturated carbocycles. The van der Waals surface area contributed by atoms with Crippen molar-refractivity contribution in [2.75, 3.05) is 26.9 Å². The van der Waals surface area contributed by atoms with Crippen LogP contribution in [0.4, 0.5) is 5.69 Å². The summed E-state index contributed by atoms with van der Waals surface area (Å²) < 4.78 is 22.7. The maximum absolute atomic E-state index is 13.8. The molecule has 0 saturated heterocycles. The first-order valence-electron chi connectivity index (χ1n) is 14.1. The van der Waals surface area contributed by atoms with Crippen LogP contribution in [0.25, 0.3) is 22.3 Å². The van der Waals surface area contributed by atoms with Crippen LogP contribution in [0.5, 0.6) is 17.2 Å². The van der Waals surface area contributed by atoms with E-state index >= 15 is 0 Å². The zero-order valence-electron chi connectivity index (χ0n) is 25.4. The SMILES string of the molecule is CCOC(=O)COc1c(OC)cc(C=Nn2c(-c3cc(C(C)C)c(OCC)cc3C)nc3ccccc3c2=O)cc1[N+](=O)[O-]. The third kappa shape index (κ3) is 6.69. The Balaban J connectivity index is 1.89. The van der Waals surface area contributed by atoms with Crippen LogP contribution in [0.1, 0.15) is 50.3 Å². The van der Waals surface area contributed by atoms with Gasteiger partial charge in [-0.05, 0) is 68.1 Å². The number of hydrogen-bond donors (Lipinski definition) is 0. The van der Waals surface area contributed by atoms with Crippen molar-refractivity contribution in [1.29, 1.82) is 0 Å². The van der Waals surface area contributed by atoms with E-state index in [0.29, 0.717) is 28.9 Å². The molecule has 0 aliphatic rings. The maximum atomic E-state index is 13.8. The number of aryl methyl sites for hydroxylation is 1. The number of carbonyl (C=O) groups excluding carboxylic acids is 1. The Morgan fingerprint density at radius 1 is 1.09 bits per heavy atom. The van der Waals surface area contributed by atoms with Crippen LogP contribution in [0.15, 0.2) is 58.4 Å². The van der Waals surface area contributed by atoms with Crippen molar-refractivity contribution in [3.05, 3.63) is 85.7 Å². The Morgan fingerprint density at radius 2 is 1.84 bits per heavy atom. The van der Waals surface area contributed by atoms with Gasteiger partial charge in [0, 0.05) is 17.2 Å². The Morgan fingerprint density at radius 3 is 2.50 bits per heavy atom. The standard InChI is InChI=1S/C32H34N4O8/c1-7-42-27-13-20(5)24(16-23(27)19(3)4)31-34-25-12-10-9-11-22(25)32(38)35(31)33-17-21-14-26(36(39)40)30(28(15-21)41-6)44-18-29(37)43-8-2/h9-17,19H,7-8,18H2,1-6H3. The molecule has 3 aromatic carbocycles. The molecule has 0 N–H and O–H groups in total. The van der Waals surface area contributed by atoms with Gasteiger partial charge in [0.1, 0.15) is 5.75 Å². The highest BCUT2D eigenvalue weighted by Crippen LogP contribution is 2.38. The molecular formula is C32H34N4O8. The second kappa shape index (κ2) is 13.8. The Hall–Kier alpha value is -5.26. The smallest absolute Gasteiger partial charge is 0.344 e. The molecule has 0 radical (unpaired) electrons. The minimum absolute atomic E-state index is 0.00177. The summed E-state index contributed by atoms with van der Waals surface area (Å²) in [5.74, 6) is 0.250. The van der Waals surface area contributed by atoms with Crippen LogP contribution in [0, 0.1) is 17.0 Å². The number of ether oxygens (including phenoxy) is 4. The first-order valence-corrected chi connectivity index (χ1v) is 14.1. The van der Waals surface area contributed by atoms with Crippen LogP contribution in [0.3, 0.4) is 0 Å². The van der Waals surface area contributed by atoms with Crippen LogP contribution in [-0.2, 0) is 9.53 Å². The van der Waals surface area contributed by atoms with E-state index in [1.165, 1.54) is 30.1 Å². The zero-order chi connectivity index (χ0) is 32.0. The summed E-state index contributed by atoms with van der Waals surface area (Å²) in [5, 5.41) is 16.8. The summed E-state index contributed by atoms with van der Waals surface area (Å²) in [6.07, 6.45) is 1.30. The fraction of sp³-hybridized carbons (Fsp3) is 0.312. The first kappa shape index (κ1) is 31.7. The van der Waals surface area contributed by atoms with E-state index in [-0.39, 0.29) is 29.6 Å². The third-order valence-electron chi connectivity index (χ3n) is 6.71. The monoisotopic (exact) mass is 602 g/mol.